The second-order valence-corrected chi connectivity index (χ2v) is 8.79. The average Bonchev–Trinajstić information content (AvgIpc) is 3.03. The number of thiophene rings is 1. The third-order valence-corrected chi connectivity index (χ3v) is 6.69. The highest BCUT2D eigenvalue weighted by atomic mass is 32.2. The Morgan fingerprint density at radius 1 is 1.17 bits per heavy atom. The quantitative estimate of drug-likeness (QED) is 0.754. The molecule has 0 radical (unpaired) electrons. The molecule has 0 fully saturated rings. The summed E-state index contributed by atoms with van der Waals surface area (Å²) in [6.07, 6.45) is 0.730. The van der Waals surface area contributed by atoms with Crippen LogP contribution in [0, 0.1) is 0 Å². The molecule has 2 aromatic rings. The van der Waals surface area contributed by atoms with Gasteiger partial charge in [0.05, 0.1) is 6.54 Å². The van der Waals surface area contributed by atoms with E-state index in [0.717, 1.165) is 11.3 Å². The molecule has 0 unspecified atom stereocenters. The highest BCUT2D eigenvalue weighted by Gasteiger charge is 2.17. The fourth-order valence-corrected chi connectivity index (χ4v) is 4.63. The van der Waals surface area contributed by atoms with Crippen LogP contribution in [0.25, 0.3) is 0 Å². The zero-order valence-corrected chi connectivity index (χ0v) is 15.4. The Balaban J connectivity index is 1.88. The van der Waals surface area contributed by atoms with Gasteiger partial charge in [0, 0.05) is 18.3 Å². The molecule has 1 heterocycles. The number of sulfonamides is 1. The van der Waals surface area contributed by atoms with E-state index >= 15 is 0 Å². The lowest BCUT2D eigenvalue weighted by atomic mass is 9.98. The number of carbonyl (C=O) groups is 1. The molecule has 1 amide bonds. The van der Waals surface area contributed by atoms with Crippen LogP contribution < -0.4 is 10.0 Å². The van der Waals surface area contributed by atoms with Crippen molar-refractivity contribution in [2.24, 2.45) is 0 Å². The average molecular weight is 367 g/mol. The van der Waals surface area contributed by atoms with Crippen LogP contribution in [0.2, 0.25) is 0 Å². The van der Waals surface area contributed by atoms with Gasteiger partial charge in [0.1, 0.15) is 4.21 Å². The molecule has 2 rings (SSSR count). The van der Waals surface area contributed by atoms with Gasteiger partial charge in [-0.25, -0.2) is 13.1 Å². The van der Waals surface area contributed by atoms with E-state index in [-0.39, 0.29) is 16.0 Å². The molecule has 1 atom stereocenters. The van der Waals surface area contributed by atoms with Gasteiger partial charge < -0.3 is 5.32 Å². The van der Waals surface area contributed by atoms with Crippen LogP contribution >= 0.6 is 11.3 Å². The molecular formula is C17H22N2O3S2. The molecule has 0 saturated carbocycles. The maximum Gasteiger partial charge on any atom is 0.250 e. The van der Waals surface area contributed by atoms with Gasteiger partial charge in [-0.05, 0) is 30.0 Å². The summed E-state index contributed by atoms with van der Waals surface area (Å²) in [6, 6.07) is 13.3. The maximum atomic E-state index is 12.3. The van der Waals surface area contributed by atoms with E-state index in [9.17, 15) is 13.2 Å². The Labute approximate surface area is 147 Å². The van der Waals surface area contributed by atoms with Gasteiger partial charge in [0.15, 0.2) is 0 Å². The molecule has 0 spiro atoms. The highest BCUT2D eigenvalue weighted by Crippen LogP contribution is 2.22. The zero-order valence-electron chi connectivity index (χ0n) is 13.8. The number of hydrogen-bond acceptors (Lipinski definition) is 4. The molecule has 5 nitrogen and oxygen atoms in total. The van der Waals surface area contributed by atoms with Crippen LogP contribution in [0.4, 0.5) is 0 Å². The predicted octanol–water partition coefficient (Wildman–Crippen LogP) is 2.86. The second-order valence-electron chi connectivity index (χ2n) is 5.63. The standard InChI is InChI=1S/C17H22N2O3S2/c1-13(15-6-4-3-5-7-15)10-11-19-24(21,22)17-9-8-16(23-17)12-18-14(2)20/h3-9,13,19H,10-12H2,1-2H3,(H,18,20)/t13-/m1/s1. The Bertz CT molecular complexity index is 770. The number of nitrogens with one attached hydrogen (secondary N) is 2. The summed E-state index contributed by atoms with van der Waals surface area (Å²) in [5.41, 5.74) is 1.20. The molecule has 24 heavy (non-hydrogen) atoms. The Morgan fingerprint density at radius 3 is 2.54 bits per heavy atom. The minimum absolute atomic E-state index is 0.138. The van der Waals surface area contributed by atoms with E-state index in [1.165, 1.54) is 23.8 Å². The first kappa shape index (κ1) is 18.6. The lowest BCUT2D eigenvalue weighted by molar-refractivity contribution is -0.119. The minimum Gasteiger partial charge on any atom is -0.351 e. The first-order valence-electron chi connectivity index (χ1n) is 7.76. The predicted molar refractivity (Wildman–Crippen MR) is 96.5 cm³/mol. The van der Waals surface area contributed by atoms with Crippen molar-refractivity contribution in [3.63, 3.8) is 0 Å². The van der Waals surface area contributed by atoms with Gasteiger partial charge in [-0.3, -0.25) is 4.79 Å². The van der Waals surface area contributed by atoms with Crippen LogP contribution in [0.1, 0.15) is 36.6 Å². The number of carbonyl (C=O) groups excluding carboxylic acids is 1. The summed E-state index contributed by atoms with van der Waals surface area (Å²) in [6.45, 7) is 4.25. The van der Waals surface area contributed by atoms with Crippen molar-refractivity contribution in [2.75, 3.05) is 6.54 Å². The number of benzene rings is 1. The molecule has 2 N–H and O–H groups in total. The zero-order chi connectivity index (χ0) is 17.6. The van der Waals surface area contributed by atoms with Gasteiger partial charge in [-0.1, -0.05) is 37.3 Å². The van der Waals surface area contributed by atoms with Gasteiger partial charge >= 0.3 is 0 Å². The van der Waals surface area contributed by atoms with E-state index in [0.29, 0.717) is 13.1 Å². The lowest BCUT2D eigenvalue weighted by Crippen LogP contribution is -2.25. The summed E-state index contributed by atoms with van der Waals surface area (Å²) < 4.78 is 27.6. The van der Waals surface area contributed by atoms with Gasteiger partial charge in [0.25, 0.3) is 0 Å². The normalized spacial score (nSPS) is 12.8. The molecule has 0 aliphatic heterocycles. The smallest absolute Gasteiger partial charge is 0.250 e. The molecule has 1 aromatic carbocycles. The molecule has 1 aromatic heterocycles. The Kier molecular flexibility index (Phi) is 6.53. The molecule has 7 heteroatoms. The van der Waals surface area contributed by atoms with Crippen molar-refractivity contribution < 1.29 is 13.2 Å². The van der Waals surface area contributed by atoms with Crippen LogP contribution in [0.3, 0.4) is 0 Å². The number of rotatable bonds is 8. The van der Waals surface area contributed by atoms with Crippen molar-refractivity contribution in [3.05, 3.63) is 52.9 Å². The molecule has 130 valence electrons. The molecule has 0 aliphatic carbocycles. The van der Waals surface area contributed by atoms with Crippen molar-refractivity contribution in [3.8, 4) is 0 Å². The van der Waals surface area contributed by atoms with Crippen molar-refractivity contribution in [1.82, 2.24) is 10.0 Å². The van der Waals surface area contributed by atoms with E-state index in [2.05, 4.69) is 17.0 Å². The largest absolute Gasteiger partial charge is 0.351 e. The Morgan fingerprint density at radius 2 is 1.88 bits per heavy atom. The first-order valence-corrected chi connectivity index (χ1v) is 10.1. The second kappa shape index (κ2) is 8.41. The van der Waals surface area contributed by atoms with E-state index < -0.39 is 10.0 Å². The molecule has 0 aliphatic rings. The van der Waals surface area contributed by atoms with Crippen molar-refractivity contribution in [2.45, 2.75) is 36.9 Å². The molecule has 0 bridgehead atoms. The topological polar surface area (TPSA) is 75.3 Å². The SMILES string of the molecule is CC(=O)NCc1ccc(S(=O)(=O)NCC[C@@H](C)c2ccccc2)s1. The maximum absolute atomic E-state index is 12.3. The van der Waals surface area contributed by atoms with Gasteiger partial charge in [-0.15, -0.1) is 11.3 Å². The third-order valence-electron chi connectivity index (χ3n) is 3.65. The van der Waals surface area contributed by atoms with E-state index in [1.54, 1.807) is 12.1 Å². The van der Waals surface area contributed by atoms with Crippen molar-refractivity contribution in [1.29, 1.82) is 0 Å². The van der Waals surface area contributed by atoms with Crippen LogP contribution in [-0.4, -0.2) is 20.9 Å². The van der Waals surface area contributed by atoms with Crippen LogP contribution in [0.15, 0.2) is 46.7 Å². The van der Waals surface area contributed by atoms with Crippen LogP contribution in [0.5, 0.6) is 0 Å². The summed E-state index contributed by atoms with van der Waals surface area (Å²) in [5.74, 6) is 0.147. The van der Waals surface area contributed by atoms with Gasteiger partial charge in [0.2, 0.25) is 15.9 Å². The lowest BCUT2D eigenvalue weighted by Gasteiger charge is -2.12. The van der Waals surface area contributed by atoms with E-state index in [4.69, 9.17) is 0 Å². The third kappa shape index (κ3) is 5.43. The monoisotopic (exact) mass is 366 g/mol. The number of amides is 1. The van der Waals surface area contributed by atoms with Crippen LogP contribution in [-0.2, 0) is 21.4 Å². The summed E-state index contributed by atoms with van der Waals surface area (Å²) in [7, 11) is -3.50. The Hall–Kier alpha value is -1.70. The number of hydrogen-bond donors (Lipinski definition) is 2. The molecule has 0 saturated heterocycles. The summed E-state index contributed by atoms with van der Waals surface area (Å²) >= 11 is 1.17. The summed E-state index contributed by atoms with van der Waals surface area (Å²) in [4.78, 5) is 11.7. The van der Waals surface area contributed by atoms with E-state index in [1.807, 2.05) is 30.3 Å². The fourth-order valence-electron chi connectivity index (χ4n) is 2.24. The van der Waals surface area contributed by atoms with Crippen molar-refractivity contribution >= 4 is 27.3 Å². The minimum atomic E-state index is -3.50. The summed E-state index contributed by atoms with van der Waals surface area (Å²) in [5, 5.41) is 2.66. The molecular weight excluding hydrogens is 344 g/mol. The van der Waals surface area contributed by atoms with Gasteiger partial charge in [-0.2, -0.15) is 0 Å². The first-order chi connectivity index (χ1) is 11.4. The fraction of sp³-hybridized carbons (Fsp3) is 0.353. The highest BCUT2D eigenvalue weighted by molar-refractivity contribution is 7.91.